The molecule has 1 unspecified atom stereocenters. The molecular formula is C15H22ClN3O. The fourth-order valence-corrected chi connectivity index (χ4v) is 3.18. The van der Waals surface area contributed by atoms with Gasteiger partial charge in [0.05, 0.1) is 0 Å². The van der Waals surface area contributed by atoms with E-state index in [0.717, 1.165) is 43.9 Å². The molecule has 0 aromatic heterocycles. The first kappa shape index (κ1) is 15.1. The second-order valence-corrected chi connectivity index (χ2v) is 5.90. The van der Waals surface area contributed by atoms with Crippen LogP contribution in [-0.2, 0) is 0 Å². The molecule has 0 bridgehead atoms. The van der Waals surface area contributed by atoms with Gasteiger partial charge in [-0.05, 0) is 44.0 Å². The molecule has 0 aliphatic carbocycles. The van der Waals surface area contributed by atoms with Gasteiger partial charge >= 0.3 is 6.03 Å². The number of carbonyl (C=O) groups excluding carboxylic acids is 1. The van der Waals surface area contributed by atoms with Crippen LogP contribution in [0.1, 0.15) is 18.4 Å². The van der Waals surface area contributed by atoms with Gasteiger partial charge in [-0.25, -0.2) is 4.79 Å². The molecule has 0 radical (unpaired) electrons. The van der Waals surface area contributed by atoms with Crippen molar-refractivity contribution in [2.45, 2.75) is 19.8 Å². The molecule has 2 amide bonds. The van der Waals surface area contributed by atoms with Crippen molar-refractivity contribution >= 4 is 24.1 Å². The van der Waals surface area contributed by atoms with E-state index in [1.807, 2.05) is 36.1 Å². The zero-order chi connectivity index (χ0) is 13.3. The number of carbonyl (C=O) groups is 1. The highest BCUT2D eigenvalue weighted by atomic mass is 35.5. The summed E-state index contributed by atoms with van der Waals surface area (Å²) in [5.41, 5.74) is 2.38. The van der Waals surface area contributed by atoms with Crippen molar-refractivity contribution in [3.8, 4) is 0 Å². The lowest BCUT2D eigenvalue weighted by Gasteiger charge is -2.23. The molecule has 1 aromatic carbocycles. The summed E-state index contributed by atoms with van der Waals surface area (Å²) in [5.74, 6) is 0. The number of aryl methyl sites for hydroxylation is 1. The normalized spacial score (nSPS) is 24.8. The molecule has 2 aliphatic rings. The van der Waals surface area contributed by atoms with E-state index in [-0.39, 0.29) is 18.4 Å². The molecule has 2 N–H and O–H groups in total. The van der Waals surface area contributed by atoms with Crippen molar-refractivity contribution < 1.29 is 4.79 Å². The van der Waals surface area contributed by atoms with Gasteiger partial charge in [-0.3, -0.25) is 0 Å². The summed E-state index contributed by atoms with van der Waals surface area (Å²) in [6.45, 7) is 5.94. The number of benzene rings is 1. The lowest BCUT2D eigenvalue weighted by Crippen LogP contribution is -2.36. The quantitative estimate of drug-likeness (QED) is 0.836. The molecule has 110 valence electrons. The zero-order valence-electron chi connectivity index (χ0n) is 11.8. The summed E-state index contributed by atoms with van der Waals surface area (Å²) in [5, 5.41) is 6.41. The predicted molar refractivity (Wildman–Crippen MR) is 83.6 cm³/mol. The molecule has 1 atom stereocenters. The van der Waals surface area contributed by atoms with E-state index in [2.05, 4.69) is 10.6 Å². The first-order valence-electron chi connectivity index (χ1n) is 7.00. The smallest absolute Gasteiger partial charge is 0.321 e. The van der Waals surface area contributed by atoms with Gasteiger partial charge in [-0.2, -0.15) is 0 Å². The first-order chi connectivity index (χ1) is 9.17. The second-order valence-electron chi connectivity index (χ2n) is 5.90. The van der Waals surface area contributed by atoms with Crippen LogP contribution in [-0.4, -0.2) is 37.1 Å². The molecule has 0 saturated carbocycles. The van der Waals surface area contributed by atoms with Crippen molar-refractivity contribution in [1.82, 2.24) is 10.2 Å². The van der Waals surface area contributed by atoms with Crippen LogP contribution in [0.3, 0.4) is 0 Å². The fourth-order valence-electron chi connectivity index (χ4n) is 3.18. The number of rotatable bonds is 1. The lowest BCUT2D eigenvalue weighted by atomic mass is 9.87. The molecule has 20 heavy (non-hydrogen) atoms. The van der Waals surface area contributed by atoms with E-state index in [9.17, 15) is 4.79 Å². The Morgan fingerprint density at radius 2 is 2.25 bits per heavy atom. The zero-order valence-corrected chi connectivity index (χ0v) is 12.6. The number of hydrogen-bond acceptors (Lipinski definition) is 2. The maximum atomic E-state index is 12.3. The van der Waals surface area contributed by atoms with Crippen LogP contribution in [0.25, 0.3) is 0 Å². The molecule has 2 heterocycles. The van der Waals surface area contributed by atoms with Crippen LogP contribution in [0.15, 0.2) is 24.3 Å². The van der Waals surface area contributed by atoms with E-state index in [1.54, 1.807) is 0 Å². The Bertz CT molecular complexity index is 486. The fraction of sp³-hybridized carbons (Fsp3) is 0.533. The Labute approximate surface area is 126 Å². The average molecular weight is 296 g/mol. The maximum Gasteiger partial charge on any atom is 0.321 e. The standard InChI is InChI=1S/C15H21N3O.ClH/c1-12-3-2-4-13(9-12)17-14(19)18-8-6-15(11-18)5-7-16-10-15;/h2-4,9,16H,5-8,10-11H2,1H3,(H,17,19);1H. The second kappa shape index (κ2) is 6.02. The molecule has 1 spiro atoms. The monoisotopic (exact) mass is 295 g/mol. The van der Waals surface area contributed by atoms with Gasteiger partial charge in [0, 0.05) is 30.7 Å². The first-order valence-corrected chi connectivity index (χ1v) is 7.00. The van der Waals surface area contributed by atoms with Crippen molar-refractivity contribution in [1.29, 1.82) is 0 Å². The van der Waals surface area contributed by atoms with Gasteiger partial charge < -0.3 is 15.5 Å². The van der Waals surface area contributed by atoms with Crippen molar-refractivity contribution in [2.75, 3.05) is 31.5 Å². The third-order valence-corrected chi connectivity index (χ3v) is 4.33. The summed E-state index contributed by atoms with van der Waals surface area (Å²) in [4.78, 5) is 14.2. The van der Waals surface area contributed by atoms with Crippen molar-refractivity contribution in [2.24, 2.45) is 5.41 Å². The van der Waals surface area contributed by atoms with Gasteiger partial charge in [-0.1, -0.05) is 12.1 Å². The minimum atomic E-state index is 0. The van der Waals surface area contributed by atoms with Crippen LogP contribution < -0.4 is 10.6 Å². The highest BCUT2D eigenvalue weighted by molar-refractivity contribution is 5.89. The third-order valence-electron chi connectivity index (χ3n) is 4.33. The van der Waals surface area contributed by atoms with Crippen molar-refractivity contribution in [3.63, 3.8) is 0 Å². The molecule has 2 fully saturated rings. The number of anilines is 1. The van der Waals surface area contributed by atoms with Gasteiger partial charge in [-0.15, -0.1) is 12.4 Å². The molecule has 3 rings (SSSR count). The summed E-state index contributed by atoms with van der Waals surface area (Å²) >= 11 is 0. The minimum absolute atomic E-state index is 0. The van der Waals surface area contributed by atoms with Crippen LogP contribution >= 0.6 is 12.4 Å². The van der Waals surface area contributed by atoms with E-state index in [1.165, 1.54) is 6.42 Å². The molecular weight excluding hydrogens is 274 g/mol. The molecule has 4 nitrogen and oxygen atoms in total. The third kappa shape index (κ3) is 3.07. The molecule has 2 aliphatic heterocycles. The van der Waals surface area contributed by atoms with E-state index >= 15 is 0 Å². The molecule has 2 saturated heterocycles. The number of likely N-dealkylation sites (tertiary alicyclic amines) is 1. The van der Waals surface area contributed by atoms with E-state index in [0.29, 0.717) is 5.41 Å². The lowest BCUT2D eigenvalue weighted by molar-refractivity contribution is 0.215. The Kier molecular flexibility index (Phi) is 4.55. The largest absolute Gasteiger partial charge is 0.324 e. The van der Waals surface area contributed by atoms with E-state index < -0.39 is 0 Å². The van der Waals surface area contributed by atoms with Gasteiger partial charge in [0.1, 0.15) is 0 Å². The Hall–Kier alpha value is -1.26. The molecule has 1 aromatic rings. The van der Waals surface area contributed by atoms with Gasteiger partial charge in [0.2, 0.25) is 0 Å². The summed E-state index contributed by atoms with van der Waals surface area (Å²) in [7, 11) is 0. The Morgan fingerprint density at radius 1 is 1.40 bits per heavy atom. The topological polar surface area (TPSA) is 44.4 Å². The highest BCUT2D eigenvalue weighted by Gasteiger charge is 2.41. The number of amides is 2. The Morgan fingerprint density at radius 3 is 2.95 bits per heavy atom. The average Bonchev–Trinajstić information content (AvgIpc) is 3.00. The SMILES string of the molecule is Cc1cccc(NC(=O)N2CCC3(CCNC3)C2)c1.Cl. The predicted octanol–water partition coefficient (Wildman–Crippen LogP) is 2.63. The van der Waals surface area contributed by atoms with Crippen molar-refractivity contribution in [3.05, 3.63) is 29.8 Å². The van der Waals surface area contributed by atoms with Crippen LogP contribution in [0, 0.1) is 12.3 Å². The highest BCUT2D eigenvalue weighted by Crippen LogP contribution is 2.36. The number of halogens is 1. The maximum absolute atomic E-state index is 12.3. The van der Waals surface area contributed by atoms with Crippen LogP contribution in [0.4, 0.5) is 10.5 Å². The van der Waals surface area contributed by atoms with Crippen LogP contribution in [0.2, 0.25) is 0 Å². The van der Waals surface area contributed by atoms with Crippen LogP contribution in [0.5, 0.6) is 0 Å². The summed E-state index contributed by atoms with van der Waals surface area (Å²) < 4.78 is 0. The molecule has 5 heteroatoms. The number of nitrogens with zero attached hydrogens (tertiary/aromatic N) is 1. The summed E-state index contributed by atoms with van der Waals surface area (Å²) in [6, 6.07) is 7.98. The number of urea groups is 1. The number of hydrogen-bond donors (Lipinski definition) is 2. The Balaban J connectivity index is 0.00000147. The van der Waals surface area contributed by atoms with E-state index in [4.69, 9.17) is 0 Å². The van der Waals surface area contributed by atoms with Gasteiger partial charge in [0.15, 0.2) is 0 Å². The number of nitrogens with one attached hydrogen (secondary N) is 2. The summed E-state index contributed by atoms with van der Waals surface area (Å²) in [6.07, 6.45) is 2.32. The van der Waals surface area contributed by atoms with Gasteiger partial charge in [0.25, 0.3) is 0 Å². The minimum Gasteiger partial charge on any atom is -0.324 e.